The maximum atomic E-state index is 10.8. The highest BCUT2D eigenvalue weighted by atomic mass is 32.1. The lowest BCUT2D eigenvalue weighted by Gasteiger charge is -2.07. The van der Waals surface area contributed by atoms with Gasteiger partial charge in [0.15, 0.2) is 0 Å². The van der Waals surface area contributed by atoms with Crippen molar-refractivity contribution in [1.82, 2.24) is 10.3 Å². The van der Waals surface area contributed by atoms with Crippen LogP contribution in [0.3, 0.4) is 0 Å². The summed E-state index contributed by atoms with van der Waals surface area (Å²) in [5.74, 6) is 0. The SMILES string of the molecule is Cc1nc(CNCc2cccc([N+](=O)[O-])c2C)cs1. The van der Waals surface area contributed by atoms with Gasteiger partial charge in [-0.05, 0) is 19.4 Å². The first-order chi connectivity index (χ1) is 9.08. The minimum absolute atomic E-state index is 0.170. The van der Waals surface area contributed by atoms with E-state index in [1.165, 1.54) is 6.07 Å². The lowest BCUT2D eigenvalue weighted by atomic mass is 10.1. The first-order valence-electron chi connectivity index (χ1n) is 5.92. The molecule has 1 heterocycles. The largest absolute Gasteiger partial charge is 0.307 e. The Kier molecular flexibility index (Phi) is 4.24. The smallest absolute Gasteiger partial charge is 0.272 e. The number of nitro groups is 1. The van der Waals surface area contributed by atoms with Crippen molar-refractivity contribution in [3.63, 3.8) is 0 Å². The Hall–Kier alpha value is -1.79. The zero-order chi connectivity index (χ0) is 13.8. The standard InChI is InChI=1S/C13H15N3O2S/c1-9-11(4-3-5-13(9)16(17)18)6-14-7-12-8-19-10(2)15-12/h3-5,8,14H,6-7H2,1-2H3. The number of hydrogen-bond donors (Lipinski definition) is 1. The van der Waals surface area contributed by atoms with Gasteiger partial charge in [0.25, 0.3) is 5.69 Å². The predicted molar refractivity (Wildman–Crippen MR) is 75.2 cm³/mol. The van der Waals surface area contributed by atoms with E-state index in [2.05, 4.69) is 10.3 Å². The van der Waals surface area contributed by atoms with E-state index in [0.717, 1.165) is 21.8 Å². The maximum Gasteiger partial charge on any atom is 0.272 e. The number of aryl methyl sites for hydroxylation is 1. The van der Waals surface area contributed by atoms with Crippen molar-refractivity contribution in [2.45, 2.75) is 26.9 Å². The summed E-state index contributed by atoms with van der Waals surface area (Å²) in [6.45, 7) is 5.03. The second kappa shape index (κ2) is 5.90. The molecule has 1 aromatic carbocycles. The average molecular weight is 277 g/mol. The van der Waals surface area contributed by atoms with Crippen LogP contribution in [0.4, 0.5) is 5.69 Å². The second-order valence-corrected chi connectivity index (χ2v) is 5.34. The van der Waals surface area contributed by atoms with Crippen LogP contribution in [0, 0.1) is 24.0 Å². The van der Waals surface area contributed by atoms with Gasteiger partial charge in [-0.3, -0.25) is 10.1 Å². The van der Waals surface area contributed by atoms with Gasteiger partial charge >= 0.3 is 0 Å². The molecular weight excluding hydrogens is 262 g/mol. The van der Waals surface area contributed by atoms with E-state index < -0.39 is 0 Å². The van der Waals surface area contributed by atoms with Crippen LogP contribution in [-0.2, 0) is 13.1 Å². The summed E-state index contributed by atoms with van der Waals surface area (Å²) in [4.78, 5) is 14.9. The number of hydrogen-bond acceptors (Lipinski definition) is 5. The fourth-order valence-corrected chi connectivity index (χ4v) is 2.49. The van der Waals surface area contributed by atoms with Crippen molar-refractivity contribution < 1.29 is 4.92 Å². The molecule has 0 fully saturated rings. The van der Waals surface area contributed by atoms with Crippen molar-refractivity contribution in [2.24, 2.45) is 0 Å². The zero-order valence-corrected chi connectivity index (χ0v) is 11.7. The monoisotopic (exact) mass is 277 g/mol. The molecule has 0 amide bonds. The van der Waals surface area contributed by atoms with Crippen molar-refractivity contribution in [3.05, 3.63) is 55.5 Å². The molecule has 0 radical (unpaired) electrons. The van der Waals surface area contributed by atoms with Crippen LogP contribution in [0.25, 0.3) is 0 Å². The normalized spacial score (nSPS) is 10.6. The first kappa shape index (κ1) is 13.6. The van der Waals surface area contributed by atoms with Gasteiger partial charge in [-0.25, -0.2) is 4.98 Å². The Morgan fingerprint density at radius 3 is 2.79 bits per heavy atom. The Bertz CT molecular complexity index is 595. The average Bonchev–Trinajstić information content (AvgIpc) is 2.77. The molecule has 0 bridgehead atoms. The van der Waals surface area contributed by atoms with Crippen LogP contribution in [0.15, 0.2) is 23.6 Å². The summed E-state index contributed by atoms with van der Waals surface area (Å²) in [6, 6.07) is 5.15. The van der Waals surface area contributed by atoms with E-state index in [-0.39, 0.29) is 10.6 Å². The highest BCUT2D eigenvalue weighted by molar-refractivity contribution is 7.09. The van der Waals surface area contributed by atoms with E-state index in [1.807, 2.05) is 18.4 Å². The van der Waals surface area contributed by atoms with E-state index in [4.69, 9.17) is 0 Å². The summed E-state index contributed by atoms with van der Waals surface area (Å²) in [6.07, 6.45) is 0. The number of benzene rings is 1. The molecule has 100 valence electrons. The number of nitrogens with zero attached hydrogens (tertiary/aromatic N) is 2. The van der Waals surface area contributed by atoms with Crippen molar-refractivity contribution >= 4 is 17.0 Å². The fourth-order valence-electron chi connectivity index (χ4n) is 1.87. The van der Waals surface area contributed by atoms with Gasteiger partial charge in [0.1, 0.15) is 0 Å². The quantitative estimate of drug-likeness (QED) is 0.674. The molecule has 2 aromatic rings. The summed E-state index contributed by atoms with van der Waals surface area (Å²) >= 11 is 1.62. The molecule has 0 aliphatic heterocycles. The zero-order valence-electron chi connectivity index (χ0n) is 10.8. The third-order valence-corrected chi connectivity index (χ3v) is 3.72. The van der Waals surface area contributed by atoms with Crippen molar-refractivity contribution in [3.8, 4) is 0 Å². The molecule has 1 N–H and O–H groups in total. The van der Waals surface area contributed by atoms with Crippen LogP contribution in [0.1, 0.15) is 21.8 Å². The van der Waals surface area contributed by atoms with E-state index in [9.17, 15) is 10.1 Å². The molecule has 0 saturated carbocycles. The van der Waals surface area contributed by atoms with Crippen LogP contribution in [-0.4, -0.2) is 9.91 Å². The minimum Gasteiger partial charge on any atom is -0.307 e. The molecule has 6 heteroatoms. The second-order valence-electron chi connectivity index (χ2n) is 4.28. The van der Waals surface area contributed by atoms with Gasteiger partial charge in [0.05, 0.1) is 15.6 Å². The Balaban J connectivity index is 2.00. The Labute approximate surface area is 115 Å². The lowest BCUT2D eigenvalue weighted by Crippen LogP contribution is -2.14. The van der Waals surface area contributed by atoms with Gasteiger partial charge in [-0.2, -0.15) is 0 Å². The third-order valence-electron chi connectivity index (χ3n) is 2.90. The lowest BCUT2D eigenvalue weighted by molar-refractivity contribution is -0.385. The van der Waals surface area contributed by atoms with Crippen molar-refractivity contribution in [2.75, 3.05) is 0 Å². The number of nitrogens with one attached hydrogen (secondary N) is 1. The highest BCUT2D eigenvalue weighted by Crippen LogP contribution is 2.20. The summed E-state index contributed by atoms with van der Waals surface area (Å²) in [5.41, 5.74) is 2.84. The highest BCUT2D eigenvalue weighted by Gasteiger charge is 2.12. The molecule has 0 aliphatic carbocycles. The van der Waals surface area contributed by atoms with E-state index >= 15 is 0 Å². The Morgan fingerprint density at radius 2 is 2.16 bits per heavy atom. The van der Waals surface area contributed by atoms with E-state index in [1.54, 1.807) is 24.3 Å². The van der Waals surface area contributed by atoms with Gasteiger partial charge in [-0.1, -0.05) is 12.1 Å². The number of nitro benzene ring substituents is 1. The number of thiazole rings is 1. The topological polar surface area (TPSA) is 68.1 Å². The fraction of sp³-hybridized carbons (Fsp3) is 0.308. The molecule has 0 spiro atoms. The van der Waals surface area contributed by atoms with Crippen molar-refractivity contribution in [1.29, 1.82) is 0 Å². The predicted octanol–water partition coefficient (Wildman–Crippen LogP) is 2.96. The molecule has 2 rings (SSSR count). The first-order valence-corrected chi connectivity index (χ1v) is 6.80. The molecular formula is C13H15N3O2S. The van der Waals surface area contributed by atoms with E-state index in [0.29, 0.717) is 13.1 Å². The van der Waals surface area contributed by atoms with Crippen LogP contribution >= 0.6 is 11.3 Å². The molecule has 0 atom stereocenters. The van der Waals surface area contributed by atoms with Crippen LogP contribution < -0.4 is 5.32 Å². The number of rotatable bonds is 5. The molecule has 1 aromatic heterocycles. The minimum atomic E-state index is -0.345. The van der Waals surface area contributed by atoms with Crippen LogP contribution in [0.5, 0.6) is 0 Å². The van der Waals surface area contributed by atoms with Gasteiger partial charge in [-0.15, -0.1) is 11.3 Å². The molecule has 19 heavy (non-hydrogen) atoms. The molecule has 5 nitrogen and oxygen atoms in total. The van der Waals surface area contributed by atoms with Gasteiger partial charge in [0.2, 0.25) is 0 Å². The summed E-state index contributed by atoms with van der Waals surface area (Å²) in [7, 11) is 0. The third kappa shape index (κ3) is 3.36. The summed E-state index contributed by atoms with van der Waals surface area (Å²) < 4.78 is 0. The molecule has 0 saturated heterocycles. The number of aromatic nitrogens is 1. The Morgan fingerprint density at radius 1 is 1.37 bits per heavy atom. The summed E-state index contributed by atoms with van der Waals surface area (Å²) in [5, 5.41) is 17.2. The van der Waals surface area contributed by atoms with Gasteiger partial charge in [0, 0.05) is 30.1 Å². The van der Waals surface area contributed by atoms with Crippen LogP contribution in [0.2, 0.25) is 0 Å². The van der Waals surface area contributed by atoms with Gasteiger partial charge < -0.3 is 5.32 Å². The molecule has 0 aliphatic rings. The maximum absolute atomic E-state index is 10.8. The molecule has 0 unspecified atom stereocenters.